The lowest BCUT2D eigenvalue weighted by Gasteiger charge is -1.97. The van der Waals surface area contributed by atoms with E-state index in [1.165, 1.54) is 0 Å². The van der Waals surface area contributed by atoms with Gasteiger partial charge in [0.15, 0.2) is 0 Å². The van der Waals surface area contributed by atoms with Crippen LogP contribution in [0.1, 0.15) is 16.2 Å². The number of fused-ring (bicyclic) bond motifs is 1. The first-order valence-corrected chi connectivity index (χ1v) is 5.11. The van der Waals surface area contributed by atoms with Crippen LogP contribution in [-0.2, 0) is 0 Å². The van der Waals surface area contributed by atoms with Crippen LogP contribution in [0.5, 0.6) is 0 Å². The summed E-state index contributed by atoms with van der Waals surface area (Å²) >= 11 is 8.79. The molecule has 0 aliphatic heterocycles. The molecule has 0 saturated heterocycles. The predicted octanol–water partition coefficient (Wildman–Crippen LogP) is 2.78. The molecule has 14 heavy (non-hydrogen) atoms. The van der Waals surface area contributed by atoms with E-state index in [-0.39, 0.29) is 0 Å². The summed E-state index contributed by atoms with van der Waals surface area (Å²) in [7, 11) is 0. The van der Waals surface area contributed by atoms with Crippen LogP contribution in [0.3, 0.4) is 0 Å². The van der Waals surface area contributed by atoms with Crippen molar-refractivity contribution in [2.24, 2.45) is 0 Å². The fourth-order valence-corrected chi connectivity index (χ4v) is 1.94. The van der Waals surface area contributed by atoms with Gasteiger partial charge in [-0.05, 0) is 46.6 Å². The van der Waals surface area contributed by atoms with Crippen LogP contribution in [0.4, 0.5) is 0 Å². The molecule has 0 radical (unpaired) electrons. The number of hydrogen-bond donors (Lipinski definition) is 0. The van der Waals surface area contributed by atoms with Crippen LogP contribution in [0.15, 0.2) is 22.8 Å². The lowest BCUT2D eigenvalue weighted by atomic mass is 10.4. The largest absolute Gasteiger partial charge is 0.295 e. The number of carbonyl (C=O) groups excluding carboxylic acids is 1. The topological polar surface area (TPSA) is 34.4 Å². The summed E-state index contributed by atoms with van der Waals surface area (Å²) in [6, 6.07) is 3.69. The Balaban J connectivity index is 2.86. The van der Waals surface area contributed by atoms with E-state index in [4.69, 9.17) is 11.6 Å². The molecule has 5 heteroatoms. The van der Waals surface area contributed by atoms with Crippen molar-refractivity contribution in [1.29, 1.82) is 0 Å². The van der Waals surface area contributed by atoms with Crippen molar-refractivity contribution in [3.8, 4) is 0 Å². The Morgan fingerprint density at radius 2 is 2.29 bits per heavy atom. The molecule has 2 heterocycles. The first-order valence-electron chi connectivity index (χ1n) is 3.93. The van der Waals surface area contributed by atoms with Gasteiger partial charge in [-0.15, -0.1) is 0 Å². The van der Waals surface area contributed by atoms with E-state index >= 15 is 0 Å². The Morgan fingerprint density at radius 3 is 2.93 bits per heavy atom. The molecule has 0 bridgehead atoms. The maximum Gasteiger partial charge on any atom is 0.271 e. The van der Waals surface area contributed by atoms with Crippen LogP contribution < -0.4 is 0 Å². The van der Waals surface area contributed by atoms with E-state index in [0.29, 0.717) is 11.4 Å². The molecule has 2 rings (SSSR count). The fraction of sp³-hybridized carbons (Fsp3) is 0.111. The molecule has 2 aromatic heterocycles. The van der Waals surface area contributed by atoms with Gasteiger partial charge in [-0.3, -0.25) is 9.20 Å². The highest BCUT2D eigenvalue weighted by atomic mass is 79.9. The standard InChI is InChI=1S/C9H6BrClN2O/c1-5-8(9(11)14)13-4-6(10)2-3-7(13)12-5/h2-4H,1H3. The number of halogens is 2. The molecule has 0 unspecified atom stereocenters. The Kier molecular flexibility index (Phi) is 2.33. The fourth-order valence-electron chi connectivity index (χ4n) is 1.37. The maximum atomic E-state index is 11.1. The van der Waals surface area contributed by atoms with Crippen molar-refractivity contribution in [3.63, 3.8) is 0 Å². The first kappa shape index (κ1) is 9.68. The first-order chi connectivity index (χ1) is 6.59. The second kappa shape index (κ2) is 3.37. The van der Waals surface area contributed by atoms with Gasteiger partial charge in [-0.2, -0.15) is 0 Å². The summed E-state index contributed by atoms with van der Waals surface area (Å²) in [5, 5.41) is -0.492. The number of carbonyl (C=O) groups is 1. The van der Waals surface area contributed by atoms with Gasteiger partial charge in [0, 0.05) is 10.7 Å². The highest BCUT2D eigenvalue weighted by Crippen LogP contribution is 2.17. The van der Waals surface area contributed by atoms with E-state index in [0.717, 1.165) is 10.1 Å². The molecule has 0 aliphatic carbocycles. The molecule has 72 valence electrons. The van der Waals surface area contributed by atoms with Gasteiger partial charge in [0.1, 0.15) is 11.3 Å². The molecular weight excluding hydrogens is 267 g/mol. The second-order valence-electron chi connectivity index (χ2n) is 2.90. The number of aromatic nitrogens is 2. The van der Waals surface area contributed by atoms with Crippen LogP contribution in [0.2, 0.25) is 0 Å². The number of hydrogen-bond acceptors (Lipinski definition) is 2. The van der Waals surface area contributed by atoms with E-state index < -0.39 is 5.24 Å². The van der Waals surface area contributed by atoms with Gasteiger partial charge in [-0.25, -0.2) is 4.98 Å². The minimum absolute atomic E-state index is 0.419. The Labute approximate surface area is 93.8 Å². The molecule has 0 amide bonds. The van der Waals surface area contributed by atoms with E-state index in [2.05, 4.69) is 20.9 Å². The van der Waals surface area contributed by atoms with E-state index in [1.54, 1.807) is 17.5 Å². The Bertz CT molecular complexity index is 521. The lowest BCUT2D eigenvalue weighted by Crippen LogP contribution is -1.97. The summed E-state index contributed by atoms with van der Waals surface area (Å²) in [6.07, 6.45) is 1.77. The summed E-state index contributed by atoms with van der Waals surface area (Å²) in [4.78, 5) is 15.4. The van der Waals surface area contributed by atoms with Gasteiger partial charge >= 0.3 is 0 Å². The van der Waals surface area contributed by atoms with Crippen LogP contribution in [0.25, 0.3) is 5.65 Å². The van der Waals surface area contributed by atoms with Crippen LogP contribution in [-0.4, -0.2) is 14.6 Å². The summed E-state index contributed by atoms with van der Waals surface area (Å²) < 4.78 is 2.55. The molecule has 2 aromatic rings. The van der Waals surface area contributed by atoms with Crippen LogP contribution in [0, 0.1) is 6.92 Å². The van der Waals surface area contributed by atoms with Gasteiger partial charge < -0.3 is 0 Å². The molecule has 0 saturated carbocycles. The summed E-state index contributed by atoms with van der Waals surface area (Å²) in [6.45, 7) is 1.76. The molecule has 0 aromatic carbocycles. The number of imidazole rings is 1. The molecule has 0 N–H and O–H groups in total. The van der Waals surface area contributed by atoms with Crippen LogP contribution >= 0.6 is 27.5 Å². The molecular formula is C9H6BrClN2O. The maximum absolute atomic E-state index is 11.1. The van der Waals surface area contributed by atoms with Crippen molar-refractivity contribution in [3.05, 3.63) is 34.2 Å². The van der Waals surface area contributed by atoms with Crippen molar-refractivity contribution in [2.45, 2.75) is 6.92 Å². The van der Waals surface area contributed by atoms with Gasteiger partial charge in [0.05, 0.1) is 5.69 Å². The third kappa shape index (κ3) is 1.44. The lowest BCUT2D eigenvalue weighted by molar-refractivity contribution is 0.107. The number of nitrogens with zero attached hydrogens (tertiary/aromatic N) is 2. The minimum atomic E-state index is -0.492. The second-order valence-corrected chi connectivity index (χ2v) is 4.15. The Morgan fingerprint density at radius 1 is 1.57 bits per heavy atom. The van der Waals surface area contributed by atoms with E-state index in [9.17, 15) is 4.79 Å². The van der Waals surface area contributed by atoms with Gasteiger partial charge in [0.25, 0.3) is 5.24 Å². The van der Waals surface area contributed by atoms with Gasteiger partial charge in [0.2, 0.25) is 0 Å². The smallest absolute Gasteiger partial charge is 0.271 e. The minimum Gasteiger partial charge on any atom is -0.295 e. The van der Waals surface area contributed by atoms with Crippen molar-refractivity contribution in [1.82, 2.24) is 9.38 Å². The number of pyridine rings is 1. The highest BCUT2D eigenvalue weighted by Gasteiger charge is 2.13. The molecule has 0 aliphatic rings. The average molecular weight is 274 g/mol. The SMILES string of the molecule is Cc1nc2ccc(Br)cn2c1C(=O)Cl. The third-order valence-electron chi connectivity index (χ3n) is 1.94. The zero-order valence-electron chi connectivity index (χ0n) is 7.29. The monoisotopic (exact) mass is 272 g/mol. The molecule has 0 fully saturated rings. The Hall–Kier alpha value is -0.870. The quantitative estimate of drug-likeness (QED) is 0.749. The summed E-state index contributed by atoms with van der Waals surface area (Å²) in [5.74, 6) is 0. The zero-order chi connectivity index (χ0) is 10.3. The van der Waals surface area contributed by atoms with Crippen molar-refractivity contribution >= 4 is 38.4 Å². The average Bonchev–Trinajstić information content (AvgIpc) is 2.40. The predicted molar refractivity (Wildman–Crippen MR) is 57.8 cm³/mol. The highest BCUT2D eigenvalue weighted by molar-refractivity contribution is 9.10. The summed E-state index contributed by atoms with van der Waals surface area (Å²) in [5.41, 5.74) is 1.78. The molecule has 3 nitrogen and oxygen atoms in total. The molecule has 0 atom stereocenters. The third-order valence-corrected chi connectivity index (χ3v) is 2.59. The van der Waals surface area contributed by atoms with E-state index in [1.807, 2.05) is 12.1 Å². The van der Waals surface area contributed by atoms with Crippen molar-refractivity contribution in [2.75, 3.05) is 0 Å². The number of aryl methyl sites for hydroxylation is 1. The number of rotatable bonds is 1. The normalized spacial score (nSPS) is 10.8. The van der Waals surface area contributed by atoms with Crippen molar-refractivity contribution < 1.29 is 4.79 Å². The molecule has 0 spiro atoms. The van der Waals surface area contributed by atoms with Gasteiger partial charge in [-0.1, -0.05) is 0 Å². The zero-order valence-corrected chi connectivity index (χ0v) is 9.63.